The van der Waals surface area contributed by atoms with E-state index < -0.39 is 0 Å². The third kappa shape index (κ3) is 2.10. The van der Waals surface area contributed by atoms with Crippen molar-refractivity contribution in [3.05, 3.63) is 30.0 Å². The van der Waals surface area contributed by atoms with Crippen LogP contribution in [0.2, 0.25) is 0 Å². The van der Waals surface area contributed by atoms with Crippen molar-refractivity contribution >= 4 is 16.9 Å². The lowest BCUT2D eigenvalue weighted by Gasteiger charge is -2.26. The fourth-order valence-electron chi connectivity index (χ4n) is 2.46. The molecule has 1 amide bonds. The zero-order valence-corrected chi connectivity index (χ0v) is 10.3. The molecular formula is C14H16N2O2. The van der Waals surface area contributed by atoms with Gasteiger partial charge in [-0.05, 0) is 31.4 Å². The van der Waals surface area contributed by atoms with E-state index in [-0.39, 0.29) is 5.91 Å². The molecule has 1 fully saturated rings. The number of hydrogen-bond acceptors (Lipinski definition) is 3. The largest absolute Gasteiger partial charge is 0.356 e. The van der Waals surface area contributed by atoms with Crippen molar-refractivity contribution in [2.45, 2.75) is 25.7 Å². The predicted octanol–water partition coefficient (Wildman–Crippen LogP) is 2.38. The average molecular weight is 244 g/mol. The van der Waals surface area contributed by atoms with Gasteiger partial charge in [-0.2, -0.15) is 0 Å². The van der Waals surface area contributed by atoms with E-state index in [4.69, 9.17) is 4.52 Å². The predicted molar refractivity (Wildman–Crippen MR) is 68.1 cm³/mol. The summed E-state index contributed by atoms with van der Waals surface area (Å²) in [7, 11) is 0. The highest BCUT2D eigenvalue weighted by Gasteiger charge is 2.19. The standard InChI is InChI=1S/C14H16N2O2/c17-14(16-8-4-1-5-9-16)10-12-11-6-2-3-7-13(11)18-15-12/h2-3,6-7H,1,4-5,8-10H2. The van der Waals surface area contributed by atoms with Gasteiger partial charge in [0, 0.05) is 18.5 Å². The van der Waals surface area contributed by atoms with E-state index in [2.05, 4.69) is 5.16 Å². The van der Waals surface area contributed by atoms with Crippen LogP contribution in [0.25, 0.3) is 11.0 Å². The van der Waals surface area contributed by atoms with Crippen LogP contribution in [0.4, 0.5) is 0 Å². The third-order valence-corrected chi connectivity index (χ3v) is 3.48. The van der Waals surface area contributed by atoms with E-state index in [1.807, 2.05) is 29.2 Å². The van der Waals surface area contributed by atoms with Gasteiger partial charge in [-0.25, -0.2) is 0 Å². The molecule has 0 N–H and O–H groups in total. The third-order valence-electron chi connectivity index (χ3n) is 3.48. The van der Waals surface area contributed by atoms with Gasteiger partial charge < -0.3 is 9.42 Å². The van der Waals surface area contributed by atoms with Crippen molar-refractivity contribution in [1.82, 2.24) is 10.1 Å². The summed E-state index contributed by atoms with van der Waals surface area (Å²) in [6.07, 6.45) is 3.81. The van der Waals surface area contributed by atoms with Gasteiger partial charge in [0.2, 0.25) is 5.91 Å². The number of carbonyl (C=O) groups is 1. The van der Waals surface area contributed by atoms with Gasteiger partial charge in [0.15, 0.2) is 5.58 Å². The Bertz CT molecular complexity index is 556. The Balaban J connectivity index is 1.77. The van der Waals surface area contributed by atoms with Crippen LogP contribution in [-0.4, -0.2) is 29.1 Å². The van der Waals surface area contributed by atoms with Crippen molar-refractivity contribution < 1.29 is 9.32 Å². The molecule has 1 aromatic heterocycles. The molecule has 1 aromatic carbocycles. The molecule has 0 aliphatic carbocycles. The topological polar surface area (TPSA) is 46.3 Å². The van der Waals surface area contributed by atoms with Gasteiger partial charge in [-0.15, -0.1) is 0 Å². The Morgan fingerprint density at radius 2 is 2.00 bits per heavy atom. The number of nitrogens with zero attached hydrogens (tertiary/aromatic N) is 2. The van der Waals surface area contributed by atoms with E-state index in [9.17, 15) is 4.79 Å². The number of benzene rings is 1. The summed E-state index contributed by atoms with van der Waals surface area (Å²) in [5.74, 6) is 0.161. The fraction of sp³-hybridized carbons (Fsp3) is 0.429. The highest BCUT2D eigenvalue weighted by Crippen LogP contribution is 2.19. The van der Waals surface area contributed by atoms with Gasteiger partial charge in [0.25, 0.3) is 0 Å². The molecule has 94 valence electrons. The van der Waals surface area contributed by atoms with E-state index >= 15 is 0 Å². The number of hydrogen-bond donors (Lipinski definition) is 0. The molecule has 3 rings (SSSR count). The average Bonchev–Trinajstić information content (AvgIpc) is 2.83. The first kappa shape index (κ1) is 11.3. The SMILES string of the molecule is O=C(Cc1noc2ccccc12)N1CCCCC1. The number of likely N-dealkylation sites (tertiary alicyclic amines) is 1. The Morgan fingerprint density at radius 3 is 2.83 bits per heavy atom. The lowest BCUT2D eigenvalue weighted by Crippen LogP contribution is -2.36. The molecule has 0 saturated carbocycles. The first-order chi connectivity index (χ1) is 8.84. The zero-order valence-electron chi connectivity index (χ0n) is 10.3. The number of aromatic nitrogens is 1. The van der Waals surface area contributed by atoms with Crippen molar-refractivity contribution in [3.8, 4) is 0 Å². The lowest BCUT2D eigenvalue weighted by molar-refractivity contribution is -0.131. The van der Waals surface area contributed by atoms with Gasteiger partial charge in [-0.3, -0.25) is 4.79 Å². The maximum atomic E-state index is 12.2. The maximum absolute atomic E-state index is 12.2. The minimum absolute atomic E-state index is 0.161. The lowest BCUT2D eigenvalue weighted by atomic mass is 10.1. The summed E-state index contributed by atoms with van der Waals surface area (Å²) < 4.78 is 5.22. The van der Waals surface area contributed by atoms with Gasteiger partial charge in [0.05, 0.1) is 6.42 Å². The zero-order chi connectivity index (χ0) is 12.4. The van der Waals surface area contributed by atoms with Gasteiger partial charge >= 0.3 is 0 Å². The molecule has 1 aliphatic rings. The summed E-state index contributed by atoms with van der Waals surface area (Å²) in [5.41, 5.74) is 1.50. The molecule has 1 saturated heterocycles. The number of rotatable bonds is 2. The van der Waals surface area contributed by atoms with Crippen LogP contribution in [0.3, 0.4) is 0 Å². The second-order valence-corrected chi connectivity index (χ2v) is 4.74. The maximum Gasteiger partial charge on any atom is 0.228 e. The Morgan fingerprint density at radius 1 is 1.22 bits per heavy atom. The molecule has 2 aromatic rings. The first-order valence-corrected chi connectivity index (χ1v) is 6.45. The number of fused-ring (bicyclic) bond motifs is 1. The molecule has 0 radical (unpaired) electrons. The second kappa shape index (κ2) is 4.80. The molecule has 0 unspecified atom stereocenters. The van der Waals surface area contributed by atoms with Crippen molar-refractivity contribution in [2.24, 2.45) is 0 Å². The minimum Gasteiger partial charge on any atom is -0.356 e. The van der Waals surface area contributed by atoms with Crippen LogP contribution in [-0.2, 0) is 11.2 Å². The van der Waals surface area contributed by atoms with E-state index in [1.54, 1.807) is 0 Å². The summed E-state index contributed by atoms with van der Waals surface area (Å²) >= 11 is 0. The quantitative estimate of drug-likeness (QED) is 0.814. The Kier molecular flexibility index (Phi) is 3.00. The van der Waals surface area contributed by atoms with E-state index in [1.165, 1.54) is 6.42 Å². The molecule has 0 atom stereocenters. The smallest absolute Gasteiger partial charge is 0.228 e. The molecule has 0 spiro atoms. The molecule has 4 heteroatoms. The molecule has 1 aliphatic heterocycles. The summed E-state index contributed by atoms with van der Waals surface area (Å²) in [4.78, 5) is 14.1. The van der Waals surface area contributed by atoms with Crippen LogP contribution in [0.1, 0.15) is 25.0 Å². The summed E-state index contributed by atoms with van der Waals surface area (Å²) in [5, 5.41) is 4.95. The van der Waals surface area contributed by atoms with Crippen LogP contribution in [0.5, 0.6) is 0 Å². The second-order valence-electron chi connectivity index (χ2n) is 4.74. The number of piperidine rings is 1. The van der Waals surface area contributed by atoms with E-state index in [0.717, 1.165) is 42.6 Å². The fourth-order valence-corrected chi connectivity index (χ4v) is 2.46. The van der Waals surface area contributed by atoms with Crippen molar-refractivity contribution in [2.75, 3.05) is 13.1 Å². The Hall–Kier alpha value is -1.84. The molecule has 18 heavy (non-hydrogen) atoms. The summed E-state index contributed by atoms with van der Waals surface area (Å²) in [6.45, 7) is 1.77. The minimum atomic E-state index is 0.161. The molecule has 4 nitrogen and oxygen atoms in total. The molecule has 2 heterocycles. The van der Waals surface area contributed by atoms with Gasteiger partial charge in [-0.1, -0.05) is 17.3 Å². The molecular weight excluding hydrogens is 228 g/mol. The monoisotopic (exact) mass is 244 g/mol. The highest BCUT2D eigenvalue weighted by molar-refractivity contribution is 5.86. The normalized spacial score (nSPS) is 16.1. The van der Waals surface area contributed by atoms with Crippen molar-refractivity contribution in [1.29, 1.82) is 0 Å². The van der Waals surface area contributed by atoms with Crippen LogP contribution in [0.15, 0.2) is 28.8 Å². The van der Waals surface area contributed by atoms with Crippen LogP contribution < -0.4 is 0 Å². The molecule has 0 bridgehead atoms. The van der Waals surface area contributed by atoms with Crippen LogP contribution in [0, 0.1) is 0 Å². The number of carbonyl (C=O) groups excluding carboxylic acids is 1. The number of para-hydroxylation sites is 1. The van der Waals surface area contributed by atoms with Crippen LogP contribution >= 0.6 is 0 Å². The van der Waals surface area contributed by atoms with Crippen molar-refractivity contribution in [3.63, 3.8) is 0 Å². The highest BCUT2D eigenvalue weighted by atomic mass is 16.5. The Labute approximate surface area is 106 Å². The van der Waals surface area contributed by atoms with Gasteiger partial charge in [0.1, 0.15) is 5.69 Å². The van der Waals surface area contributed by atoms with E-state index in [0.29, 0.717) is 6.42 Å². The first-order valence-electron chi connectivity index (χ1n) is 6.45. The number of amides is 1. The summed E-state index contributed by atoms with van der Waals surface area (Å²) in [6, 6.07) is 7.67.